The van der Waals surface area contributed by atoms with Gasteiger partial charge in [-0.25, -0.2) is 9.50 Å². The summed E-state index contributed by atoms with van der Waals surface area (Å²) >= 11 is 12.0. The number of aromatic nitrogens is 3. The molecule has 3 aromatic rings. The van der Waals surface area contributed by atoms with E-state index in [0.717, 1.165) is 0 Å². The van der Waals surface area contributed by atoms with E-state index in [1.807, 2.05) is 0 Å². The summed E-state index contributed by atoms with van der Waals surface area (Å²) in [4.78, 5) is 4.36. The molecule has 2 heterocycles. The summed E-state index contributed by atoms with van der Waals surface area (Å²) in [7, 11) is 0. The van der Waals surface area contributed by atoms with Gasteiger partial charge < -0.3 is 0 Å². The SMILES string of the molecule is N#Cc1ccc2nc(-c3ccc(Cl)cc3Cl)nn2c1. The Balaban J connectivity index is 2.18. The molecule has 2 aromatic heterocycles. The van der Waals surface area contributed by atoms with Crippen molar-refractivity contribution in [1.82, 2.24) is 14.6 Å². The van der Waals surface area contributed by atoms with Crippen LogP contribution in [-0.4, -0.2) is 14.6 Å². The number of hydrogen-bond donors (Lipinski definition) is 0. The maximum Gasteiger partial charge on any atom is 0.183 e. The topological polar surface area (TPSA) is 54.0 Å². The van der Waals surface area contributed by atoms with Crippen LogP contribution in [-0.2, 0) is 0 Å². The average Bonchev–Trinajstić information content (AvgIpc) is 2.80. The van der Waals surface area contributed by atoms with Crippen molar-refractivity contribution in [2.45, 2.75) is 0 Å². The summed E-state index contributed by atoms with van der Waals surface area (Å²) in [5.41, 5.74) is 1.87. The van der Waals surface area contributed by atoms with Crippen LogP contribution in [0.15, 0.2) is 36.5 Å². The number of pyridine rings is 1. The molecule has 3 rings (SSSR count). The summed E-state index contributed by atoms with van der Waals surface area (Å²) in [6.07, 6.45) is 1.62. The largest absolute Gasteiger partial charge is 0.219 e. The molecular formula is C13H6Cl2N4. The normalized spacial score (nSPS) is 10.6. The lowest BCUT2D eigenvalue weighted by Crippen LogP contribution is -1.88. The summed E-state index contributed by atoms with van der Waals surface area (Å²) in [6, 6.07) is 10.6. The van der Waals surface area contributed by atoms with Gasteiger partial charge in [0.2, 0.25) is 0 Å². The number of fused-ring (bicyclic) bond motifs is 1. The minimum absolute atomic E-state index is 0.490. The number of nitrogens with zero attached hydrogens (tertiary/aromatic N) is 4. The van der Waals surface area contributed by atoms with Crippen LogP contribution in [0.25, 0.3) is 17.0 Å². The molecule has 0 aliphatic heterocycles. The van der Waals surface area contributed by atoms with Crippen molar-refractivity contribution < 1.29 is 0 Å². The first-order chi connectivity index (χ1) is 9.17. The van der Waals surface area contributed by atoms with Crippen molar-refractivity contribution in [3.63, 3.8) is 0 Å². The van der Waals surface area contributed by atoms with Gasteiger partial charge in [-0.1, -0.05) is 23.2 Å². The first kappa shape index (κ1) is 12.0. The molecule has 92 valence electrons. The summed E-state index contributed by atoms with van der Waals surface area (Å²) in [5.74, 6) is 0.497. The van der Waals surface area contributed by atoms with Crippen LogP contribution < -0.4 is 0 Å². The van der Waals surface area contributed by atoms with Crippen LogP contribution in [0.1, 0.15) is 5.56 Å². The Hall–Kier alpha value is -2.09. The highest BCUT2D eigenvalue weighted by atomic mass is 35.5. The second-order valence-electron chi connectivity index (χ2n) is 3.89. The van der Waals surface area contributed by atoms with Crippen molar-refractivity contribution in [3.8, 4) is 17.5 Å². The van der Waals surface area contributed by atoms with Gasteiger partial charge in [-0.3, -0.25) is 0 Å². The van der Waals surface area contributed by atoms with E-state index in [1.54, 1.807) is 41.0 Å². The number of rotatable bonds is 1. The third kappa shape index (κ3) is 2.14. The fourth-order valence-electron chi connectivity index (χ4n) is 1.73. The van der Waals surface area contributed by atoms with Gasteiger partial charge in [-0.05, 0) is 30.3 Å². The molecule has 0 amide bonds. The number of nitriles is 1. The number of hydrogen-bond acceptors (Lipinski definition) is 3. The molecule has 0 bridgehead atoms. The van der Waals surface area contributed by atoms with Crippen molar-refractivity contribution in [2.75, 3.05) is 0 Å². The molecule has 1 aromatic carbocycles. The Kier molecular flexibility index (Phi) is 2.86. The Morgan fingerprint density at radius 3 is 2.74 bits per heavy atom. The Morgan fingerprint density at radius 1 is 1.16 bits per heavy atom. The first-order valence-electron chi connectivity index (χ1n) is 5.39. The smallest absolute Gasteiger partial charge is 0.183 e. The van der Waals surface area contributed by atoms with Crippen LogP contribution >= 0.6 is 23.2 Å². The van der Waals surface area contributed by atoms with E-state index in [9.17, 15) is 0 Å². The molecule has 0 aliphatic carbocycles. The molecule has 4 nitrogen and oxygen atoms in total. The van der Waals surface area contributed by atoms with Crippen molar-refractivity contribution in [3.05, 3.63) is 52.1 Å². The zero-order valence-corrected chi connectivity index (χ0v) is 11.0. The maximum atomic E-state index is 8.85. The zero-order valence-electron chi connectivity index (χ0n) is 9.51. The fraction of sp³-hybridized carbons (Fsp3) is 0. The quantitative estimate of drug-likeness (QED) is 0.688. The van der Waals surface area contributed by atoms with Crippen LogP contribution in [0.2, 0.25) is 10.0 Å². The standard InChI is InChI=1S/C13H6Cl2N4/c14-9-2-3-10(11(15)5-9)13-17-12-4-1-8(6-16)7-19(12)18-13/h1-5,7H. The van der Waals surface area contributed by atoms with Gasteiger partial charge in [0.25, 0.3) is 0 Å². The van der Waals surface area contributed by atoms with Crippen LogP contribution in [0.4, 0.5) is 0 Å². The Morgan fingerprint density at radius 2 is 2.00 bits per heavy atom. The predicted octanol–water partition coefficient (Wildman–Crippen LogP) is 3.57. The van der Waals surface area contributed by atoms with E-state index < -0.39 is 0 Å². The van der Waals surface area contributed by atoms with Crippen molar-refractivity contribution in [2.24, 2.45) is 0 Å². The molecule has 0 saturated carbocycles. The van der Waals surface area contributed by atoms with Gasteiger partial charge in [0.15, 0.2) is 11.5 Å². The monoisotopic (exact) mass is 288 g/mol. The van der Waals surface area contributed by atoms with Gasteiger partial charge in [0.05, 0.1) is 10.6 Å². The molecular weight excluding hydrogens is 283 g/mol. The molecule has 6 heteroatoms. The summed E-state index contributed by atoms with van der Waals surface area (Å²) < 4.78 is 1.55. The van der Waals surface area contributed by atoms with Crippen LogP contribution in [0.5, 0.6) is 0 Å². The lowest BCUT2D eigenvalue weighted by molar-refractivity contribution is 0.962. The van der Waals surface area contributed by atoms with Crippen molar-refractivity contribution >= 4 is 28.8 Å². The minimum Gasteiger partial charge on any atom is -0.219 e. The molecule has 0 fully saturated rings. The molecule has 0 aliphatic rings. The highest BCUT2D eigenvalue weighted by Crippen LogP contribution is 2.28. The van der Waals surface area contributed by atoms with E-state index in [2.05, 4.69) is 16.2 Å². The zero-order chi connectivity index (χ0) is 13.4. The Labute approximate surface area is 118 Å². The minimum atomic E-state index is 0.490. The highest BCUT2D eigenvalue weighted by Gasteiger charge is 2.10. The van der Waals surface area contributed by atoms with Gasteiger partial charge in [0, 0.05) is 16.8 Å². The van der Waals surface area contributed by atoms with Gasteiger partial charge >= 0.3 is 0 Å². The van der Waals surface area contributed by atoms with E-state index in [-0.39, 0.29) is 0 Å². The second-order valence-corrected chi connectivity index (χ2v) is 4.74. The van der Waals surface area contributed by atoms with Gasteiger partial charge in [-0.2, -0.15) is 5.26 Å². The van der Waals surface area contributed by atoms with Crippen molar-refractivity contribution in [1.29, 1.82) is 5.26 Å². The third-order valence-electron chi connectivity index (χ3n) is 2.63. The van der Waals surface area contributed by atoms with E-state index in [4.69, 9.17) is 28.5 Å². The Bertz CT molecular complexity index is 817. The molecule has 19 heavy (non-hydrogen) atoms. The van der Waals surface area contributed by atoms with Gasteiger partial charge in [-0.15, -0.1) is 5.10 Å². The molecule has 0 N–H and O–H groups in total. The highest BCUT2D eigenvalue weighted by molar-refractivity contribution is 6.36. The second kappa shape index (κ2) is 4.54. The van der Waals surface area contributed by atoms with E-state index in [0.29, 0.717) is 32.6 Å². The number of benzene rings is 1. The third-order valence-corrected chi connectivity index (χ3v) is 3.18. The van der Waals surface area contributed by atoms with E-state index >= 15 is 0 Å². The molecule has 0 radical (unpaired) electrons. The van der Waals surface area contributed by atoms with Gasteiger partial charge in [0.1, 0.15) is 6.07 Å². The van der Waals surface area contributed by atoms with Crippen LogP contribution in [0, 0.1) is 11.3 Å². The summed E-state index contributed by atoms with van der Waals surface area (Å²) in [6.45, 7) is 0. The van der Waals surface area contributed by atoms with Crippen LogP contribution in [0.3, 0.4) is 0 Å². The van der Waals surface area contributed by atoms with E-state index in [1.165, 1.54) is 0 Å². The molecule has 0 atom stereocenters. The first-order valence-corrected chi connectivity index (χ1v) is 6.15. The lowest BCUT2D eigenvalue weighted by atomic mass is 10.2. The summed E-state index contributed by atoms with van der Waals surface area (Å²) in [5, 5.41) is 14.2. The average molecular weight is 289 g/mol. The predicted molar refractivity (Wildman–Crippen MR) is 73.2 cm³/mol. The maximum absolute atomic E-state index is 8.85. The molecule has 0 unspecified atom stereocenters. The fourth-order valence-corrected chi connectivity index (χ4v) is 2.23. The lowest BCUT2D eigenvalue weighted by Gasteiger charge is -1.98. The number of halogens is 2. The molecule has 0 spiro atoms. The molecule has 0 saturated heterocycles.